The van der Waals surface area contributed by atoms with Crippen LogP contribution in [0.4, 0.5) is 0 Å². The summed E-state index contributed by atoms with van der Waals surface area (Å²) in [6.45, 7) is 0.543. The molecule has 2 aromatic rings. The second-order valence-electron chi connectivity index (χ2n) is 4.95. The number of guanidine groups is 1. The Morgan fingerprint density at radius 1 is 1.37 bits per heavy atom. The Morgan fingerprint density at radius 2 is 2.19 bits per heavy atom. The lowest BCUT2D eigenvalue weighted by molar-refractivity contribution is 0.591. The summed E-state index contributed by atoms with van der Waals surface area (Å²) >= 11 is 15.0. The Morgan fingerprint density at radius 3 is 2.85 bits per heavy atom. The van der Waals surface area contributed by atoms with Crippen LogP contribution in [0.1, 0.15) is 5.01 Å². The number of hydrogen-bond acceptors (Lipinski definition) is 6. The first-order valence-corrected chi connectivity index (χ1v) is 11.9. The minimum Gasteiger partial charge on any atom is -0.345 e. The van der Waals surface area contributed by atoms with Crippen LogP contribution < -0.4 is 10.0 Å². The van der Waals surface area contributed by atoms with E-state index >= 15 is 0 Å². The molecule has 27 heavy (non-hydrogen) atoms. The van der Waals surface area contributed by atoms with E-state index in [1.807, 2.05) is 5.38 Å². The Kier molecular flexibility index (Phi) is 8.73. The van der Waals surface area contributed by atoms with Gasteiger partial charge in [0.15, 0.2) is 0 Å². The Bertz CT molecular complexity index is 926. The first-order chi connectivity index (χ1) is 12.9. The molecule has 0 unspecified atom stereocenters. The van der Waals surface area contributed by atoms with E-state index in [1.165, 1.54) is 18.2 Å². The number of terminal acetylenes is 1. The van der Waals surface area contributed by atoms with Crippen molar-refractivity contribution in [1.82, 2.24) is 15.0 Å². The summed E-state index contributed by atoms with van der Waals surface area (Å²) in [5, 5.41) is 6.15. The van der Waals surface area contributed by atoms with Crippen LogP contribution >= 0.6 is 46.3 Å². The highest BCUT2D eigenvalue weighted by Crippen LogP contribution is 2.24. The Labute approximate surface area is 176 Å². The van der Waals surface area contributed by atoms with Crippen LogP contribution in [0.2, 0.25) is 10.0 Å². The number of aromatic nitrogens is 1. The van der Waals surface area contributed by atoms with Crippen molar-refractivity contribution in [1.29, 1.82) is 0 Å². The average Bonchev–Trinajstić information content (AvgIpc) is 3.14. The molecule has 1 heterocycles. The van der Waals surface area contributed by atoms with Gasteiger partial charge in [0, 0.05) is 23.1 Å². The smallest absolute Gasteiger partial charge is 0.264 e. The third-order valence-corrected chi connectivity index (χ3v) is 6.99. The molecular formula is C16H16Cl2N4O2S3. The number of benzene rings is 1. The molecular weight excluding hydrogens is 447 g/mol. The van der Waals surface area contributed by atoms with Gasteiger partial charge in [0.25, 0.3) is 10.0 Å². The molecule has 144 valence electrons. The number of rotatable bonds is 8. The highest BCUT2D eigenvalue weighted by atomic mass is 35.5. The van der Waals surface area contributed by atoms with Crippen LogP contribution in [0.15, 0.2) is 39.7 Å². The van der Waals surface area contributed by atoms with E-state index in [0.717, 1.165) is 10.8 Å². The van der Waals surface area contributed by atoms with Crippen molar-refractivity contribution in [2.45, 2.75) is 10.6 Å². The molecule has 0 radical (unpaired) electrons. The van der Waals surface area contributed by atoms with Crippen molar-refractivity contribution < 1.29 is 8.42 Å². The van der Waals surface area contributed by atoms with Crippen molar-refractivity contribution in [3.8, 4) is 12.3 Å². The van der Waals surface area contributed by atoms with Gasteiger partial charge in [0.2, 0.25) is 5.96 Å². The molecule has 0 aliphatic carbocycles. The molecule has 2 rings (SSSR count). The second-order valence-corrected chi connectivity index (χ2v) is 9.53. The lowest BCUT2D eigenvalue weighted by atomic mass is 10.4. The highest BCUT2D eigenvalue weighted by Gasteiger charge is 2.17. The fourth-order valence-corrected chi connectivity index (χ4v) is 4.72. The molecule has 0 spiro atoms. The predicted molar refractivity (Wildman–Crippen MR) is 114 cm³/mol. The molecule has 0 atom stereocenters. The molecule has 1 aromatic carbocycles. The number of nitrogens with zero attached hydrogens (tertiary/aromatic N) is 2. The fraction of sp³-hybridized carbons (Fsp3) is 0.250. The molecule has 2 N–H and O–H groups in total. The Hall–Kier alpha value is -1.44. The van der Waals surface area contributed by atoms with Gasteiger partial charge in [0.1, 0.15) is 5.01 Å². The van der Waals surface area contributed by atoms with Gasteiger partial charge >= 0.3 is 0 Å². The quantitative estimate of drug-likeness (QED) is 0.272. The summed E-state index contributed by atoms with van der Waals surface area (Å²) in [5.74, 6) is 3.95. The summed E-state index contributed by atoms with van der Waals surface area (Å²) in [7, 11) is -3.88. The molecule has 0 saturated heterocycles. The molecule has 0 fully saturated rings. The van der Waals surface area contributed by atoms with E-state index in [4.69, 9.17) is 29.6 Å². The van der Waals surface area contributed by atoms with Crippen molar-refractivity contribution in [2.24, 2.45) is 4.99 Å². The second kappa shape index (κ2) is 10.8. The van der Waals surface area contributed by atoms with Gasteiger partial charge in [-0.15, -0.1) is 17.8 Å². The first-order valence-electron chi connectivity index (χ1n) is 7.58. The molecule has 0 amide bonds. The predicted octanol–water partition coefficient (Wildman–Crippen LogP) is 3.24. The van der Waals surface area contributed by atoms with Crippen LogP contribution in [0.5, 0.6) is 0 Å². The topological polar surface area (TPSA) is 83.4 Å². The van der Waals surface area contributed by atoms with E-state index in [1.54, 1.807) is 29.3 Å². The molecule has 0 aliphatic heterocycles. The van der Waals surface area contributed by atoms with Gasteiger partial charge in [-0.25, -0.2) is 18.1 Å². The highest BCUT2D eigenvalue weighted by molar-refractivity contribution is 7.98. The zero-order valence-electron chi connectivity index (χ0n) is 14.0. The minimum atomic E-state index is -3.88. The largest absolute Gasteiger partial charge is 0.345 e. The number of hydrogen-bond donors (Lipinski definition) is 2. The summed E-state index contributed by atoms with van der Waals surface area (Å²) in [5.41, 5.74) is 0. The summed E-state index contributed by atoms with van der Waals surface area (Å²) in [6.07, 6.45) is 6.99. The van der Waals surface area contributed by atoms with Gasteiger partial charge in [0.05, 0.1) is 28.0 Å². The van der Waals surface area contributed by atoms with Gasteiger partial charge in [-0.05, 0) is 18.2 Å². The van der Waals surface area contributed by atoms with Crippen LogP contribution in [0.3, 0.4) is 0 Å². The minimum absolute atomic E-state index is 0.0229. The third kappa shape index (κ3) is 7.24. The number of aliphatic imine (C=N–C) groups is 1. The summed E-state index contributed by atoms with van der Waals surface area (Å²) in [6, 6.07) is 4.05. The van der Waals surface area contributed by atoms with Gasteiger partial charge < -0.3 is 5.32 Å². The van der Waals surface area contributed by atoms with E-state index < -0.39 is 10.0 Å². The number of thiazole rings is 1. The first kappa shape index (κ1) is 21.9. The van der Waals surface area contributed by atoms with Crippen LogP contribution in [0.25, 0.3) is 0 Å². The Balaban J connectivity index is 1.99. The number of nitrogens with one attached hydrogen (secondary N) is 2. The van der Waals surface area contributed by atoms with Crippen LogP contribution in [0, 0.1) is 12.3 Å². The molecule has 0 saturated carbocycles. The monoisotopic (exact) mass is 462 g/mol. The summed E-state index contributed by atoms with van der Waals surface area (Å²) < 4.78 is 27.4. The molecule has 0 aliphatic rings. The maximum absolute atomic E-state index is 12.5. The maximum atomic E-state index is 12.5. The molecule has 1 aromatic heterocycles. The van der Waals surface area contributed by atoms with E-state index in [2.05, 4.69) is 25.9 Å². The van der Waals surface area contributed by atoms with Gasteiger partial charge in [-0.3, -0.25) is 4.99 Å². The van der Waals surface area contributed by atoms with Crippen molar-refractivity contribution in [3.63, 3.8) is 0 Å². The fourth-order valence-electron chi connectivity index (χ4n) is 1.79. The number of thioether (sulfide) groups is 1. The SMILES string of the molecule is C#CCN/C(=N/CCSCc1nccs1)NS(=O)(=O)c1ccc(Cl)c(Cl)c1. The maximum Gasteiger partial charge on any atom is 0.264 e. The molecule has 6 nitrogen and oxygen atoms in total. The van der Waals surface area contributed by atoms with E-state index in [-0.39, 0.29) is 27.4 Å². The number of halogens is 2. The van der Waals surface area contributed by atoms with Crippen molar-refractivity contribution >= 4 is 62.3 Å². The lowest BCUT2D eigenvalue weighted by Crippen LogP contribution is -2.41. The molecule has 11 heteroatoms. The lowest BCUT2D eigenvalue weighted by Gasteiger charge is -2.12. The zero-order valence-corrected chi connectivity index (χ0v) is 17.9. The normalized spacial score (nSPS) is 11.8. The van der Waals surface area contributed by atoms with Crippen molar-refractivity contribution in [2.75, 3.05) is 18.8 Å². The number of sulfonamides is 1. The third-order valence-electron chi connectivity index (χ3n) is 3.00. The van der Waals surface area contributed by atoms with E-state index in [0.29, 0.717) is 12.3 Å². The molecule has 0 bridgehead atoms. The van der Waals surface area contributed by atoms with Crippen molar-refractivity contribution in [3.05, 3.63) is 44.8 Å². The zero-order chi connectivity index (χ0) is 19.7. The summed E-state index contributed by atoms with van der Waals surface area (Å²) in [4.78, 5) is 8.43. The van der Waals surface area contributed by atoms with Crippen LogP contribution in [-0.4, -0.2) is 38.2 Å². The van der Waals surface area contributed by atoms with Crippen LogP contribution in [-0.2, 0) is 15.8 Å². The standard InChI is InChI=1S/C16H16Cl2N4O2S3/c1-2-5-20-16(21-6-8-25-11-15-19-7-9-26-15)22-27(23,24)12-3-4-13(17)14(18)10-12/h1,3-4,7,9-10H,5-6,8,11H2,(H2,20,21,22). The van der Waals surface area contributed by atoms with Gasteiger partial charge in [-0.1, -0.05) is 29.1 Å². The van der Waals surface area contributed by atoms with E-state index in [9.17, 15) is 8.42 Å². The van der Waals surface area contributed by atoms with Gasteiger partial charge in [-0.2, -0.15) is 11.8 Å². The average molecular weight is 463 g/mol.